The topological polar surface area (TPSA) is 76.1 Å². The van der Waals surface area contributed by atoms with Crippen molar-refractivity contribution in [2.45, 2.75) is 12.8 Å². The third-order valence-corrected chi connectivity index (χ3v) is 5.22. The number of hydrogen-bond donors (Lipinski definition) is 2. The molecule has 0 atom stereocenters. The molecule has 0 radical (unpaired) electrons. The first-order valence-electron chi connectivity index (χ1n) is 9.49. The van der Waals surface area contributed by atoms with E-state index >= 15 is 0 Å². The van der Waals surface area contributed by atoms with E-state index in [1.165, 1.54) is 16.9 Å². The minimum absolute atomic E-state index is 0.311. The number of thiazole rings is 1. The number of ether oxygens (including phenoxy) is 1. The quantitative estimate of drug-likeness (QED) is 0.402. The number of amides is 2. The van der Waals surface area contributed by atoms with E-state index in [0.29, 0.717) is 22.2 Å². The van der Waals surface area contributed by atoms with Gasteiger partial charge in [-0.05, 0) is 48.4 Å². The predicted octanol–water partition coefficient (Wildman–Crippen LogP) is 5.76. The van der Waals surface area contributed by atoms with E-state index in [2.05, 4.69) is 32.7 Å². The van der Waals surface area contributed by atoms with Crippen molar-refractivity contribution >= 4 is 28.1 Å². The number of aromatic nitrogens is 2. The van der Waals surface area contributed by atoms with Gasteiger partial charge in [0.15, 0.2) is 0 Å². The normalized spacial score (nSPS) is 10.4. The summed E-state index contributed by atoms with van der Waals surface area (Å²) in [5.41, 5.74) is 1.94. The standard InChI is InChI=1S/C23H20N4O2S/c28-23(26-18-9-11-19(12-10-18)29-20-7-4-14-24-15-20)27-22-16-25-21(30-22)13-8-17-5-2-1-3-6-17/h1-7,9-12,14-16H,8,13H2,(H2,26,27,28). The highest BCUT2D eigenvalue weighted by atomic mass is 32.1. The maximum absolute atomic E-state index is 12.3. The van der Waals surface area contributed by atoms with Crippen LogP contribution in [0.1, 0.15) is 10.6 Å². The first-order valence-corrected chi connectivity index (χ1v) is 10.3. The summed E-state index contributed by atoms with van der Waals surface area (Å²) in [7, 11) is 0. The summed E-state index contributed by atoms with van der Waals surface area (Å²) in [6.07, 6.45) is 6.79. The van der Waals surface area contributed by atoms with Gasteiger partial charge in [-0.25, -0.2) is 9.78 Å². The summed E-state index contributed by atoms with van der Waals surface area (Å²) in [4.78, 5) is 20.7. The summed E-state index contributed by atoms with van der Waals surface area (Å²) < 4.78 is 5.69. The highest BCUT2D eigenvalue weighted by Gasteiger charge is 2.07. The van der Waals surface area contributed by atoms with Gasteiger partial charge in [-0.3, -0.25) is 10.3 Å². The van der Waals surface area contributed by atoms with Gasteiger partial charge in [0.25, 0.3) is 0 Å². The van der Waals surface area contributed by atoms with Crippen molar-refractivity contribution in [1.82, 2.24) is 9.97 Å². The van der Waals surface area contributed by atoms with Crippen LogP contribution in [0.2, 0.25) is 0 Å². The fourth-order valence-electron chi connectivity index (χ4n) is 2.80. The maximum atomic E-state index is 12.3. The summed E-state index contributed by atoms with van der Waals surface area (Å²) >= 11 is 1.49. The number of aryl methyl sites for hydroxylation is 2. The molecule has 0 spiro atoms. The zero-order valence-corrected chi connectivity index (χ0v) is 16.9. The molecule has 0 saturated carbocycles. The molecule has 2 aromatic carbocycles. The number of rotatable bonds is 7. The molecule has 0 bridgehead atoms. The summed E-state index contributed by atoms with van der Waals surface area (Å²) in [5, 5.41) is 7.35. The lowest BCUT2D eigenvalue weighted by atomic mass is 10.1. The highest BCUT2D eigenvalue weighted by molar-refractivity contribution is 7.15. The molecule has 2 heterocycles. The van der Waals surface area contributed by atoms with Crippen molar-refractivity contribution in [3.05, 3.63) is 95.9 Å². The molecule has 0 saturated heterocycles. The van der Waals surface area contributed by atoms with Gasteiger partial charge in [0.1, 0.15) is 16.5 Å². The van der Waals surface area contributed by atoms with Crippen molar-refractivity contribution in [3.63, 3.8) is 0 Å². The SMILES string of the molecule is O=C(Nc1ccc(Oc2cccnc2)cc1)Nc1cnc(CCc2ccccc2)s1. The van der Waals surface area contributed by atoms with Gasteiger partial charge in [-0.15, -0.1) is 11.3 Å². The first-order chi connectivity index (χ1) is 14.7. The van der Waals surface area contributed by atoms with Crippen LogP contribution >= 0.6 is 11.3 Å². The molecular weight excluding hydrogens is 396 g/mol. The maximum Gasteiger partial charge on any atom is 0.324 e. The second kappa shape index (κ2) is 9.67. The van der Waals surface area contributed by atoms with Crippen LogP contribution in [0.25, 0.3) is 0 Å². The van der Waals surface area contributed by atoms with E-state index in [9.17, 15) is 4.79 Å². The van der Waals surface area contributed by atoms with E-state index in [1.807, 2.05) is 30.3 Å². The number of carbonyl (C=O) groups is 1. The largest absolute Gasteiger partial charge is 0.456 e. The number of benzene rings is 2. The number of urea groups is 1. The molecule has 4 aromatic rings. The van der Waals surface area contributed by atoms with E-state index in [-0.39, 0.29) is 6.03 Å². The van der Waals surface area contributed by atoms with Crippen LogP contribution in [-0.2, 0) is 12.8 Å². The van der Waals surface area contributed by atoms with E-state index < -0.39 is 0 Å². The minimum Gasteiger partial charge on any atom is -0.456 e. The molecule has 0 aliphatic rings. The lowest BCUT2D eigenvalue weighted by Gasteiger charge is -2.08. The van der Waals surface area contributed by atoms with E-state index in [0.717, 1.165) is 17.8 Å². The van der Waals surface area contributed by atoms with Crippen LogP contribution in [0.3, 0.4) is 0 Å². The lowest BCUT2D eigenvalue weighted by molar-refractivity contribution is 0.262. The van der Waals surface area contributed by atoms with Crippen LogP contribution in [-0.4, -0.2) is 16.0 Å². The second-order valence-electron chi connectivity index (χ2n) is 6.50. The molecule has 0 fully saturated rings. The molecule has 0 unspecified atom stereocenters. The second-order valence-corrected chi connectivity index (χ2v) is 7.61. The Labute approximate surface area is 178 Å². The Bertz CT molecular complexity index is 1080. The van der Waals surface area contributed by atoms with Gasteiger partial charge in [0.05, 0.1) is 17.4 Å². The van der Waals surface area contributed by atoms with Crippen LogP contribution in [0, 0.1) is 0 Å². The molecule has 7 heteroatoms. The number of hydrogen-bond acceptors (Lipinski definition) is 5. The van der Waals surface area contributed by atoms with E-state index in [4.69, 9.17) is 4.74 Å². The molecule has 30 heavy (non-hydrogen) atoms. The number of carbonyl (C=O) groups excluding carboxylic acids is 1. The molecule has 2 amide bonds. The Morgan fingerprint density at radius 3 is 2.47 bits per heavy atom. The Morgan fingerprint density at radius 1 is 0.867 bits per heavy atom. The van der Waals surface area contributed by atoms with Gasteiger partial charge in [0.2, 0.25) is 0 Å². The molecule has 150 valence electrons. The smallest absolute Gasteiger partial charge is 0.324 e. The van der Waals surface area contributed by atoms with Crippen molar-refractivity contribution in [1.29, 1.82) is 0 Å². The number of pyridine rings is 1. The summed E-state index contributed by atoms with van der Waals surface area (Å²) in [6.45, 7) is 0. The Hall–Kier alpha value is -3.71. The number of nitrogens with one attached hydrogen (secondary N) is 2. The van der Waals surface area contributed by atoms with Crippen LogP contribution in [0.5, 0.6) is 11.5 Å². The van der Waals surface area contributed by atoms with Crippen molar-refractivity contribution in [2.75, 3.05) is 10.6 Å². The van der Waals surface area contributed by atoms with Crippen LogP contribution < -0.4 is 15.4 Å². The van der Waals surface area contributed by atoms with Gasteiger partial charge in [0, 0.05) is 18.3 Å². The average molecular weight is 417 g/mol. The van der Waals surface area contributed by atoms with Crippen LogP contribution in [0.15, 0.2) is 85.3 Å². The molecule has 2 N–H and O–H groups in total. The fourth-order valence-corrected chi connectivity index (χ4v) is 3.62. The third-order valence-electron chi connectivity index (χ3n) is 4.24. The summed E-state index contributed by atoms with van der Waals surface area (Å²) in [6, 6.07) is 20.8. The zero-order valence-electron chi connectivity index (χ0n) is 16.1. The van der Waals surface area contributed by atoms with Gasteiger partial charge in [-0.1, -0.05) is 30.3 Å². The van der Waals surface area contributed by atoms with Crippen molar-refractivity contribution in [2.24, 2.45) is 0 Å². The monoisotopic (exact) mass is 416 g/mol. The molecule has 0 aliphatic heterocycles. The molecule has 4 rings (SSSR count). The van der Waals surface area contributed by atoms with Gasteiger partial charge < -0.3 is 10.1 Å². The molecule has 0 aliphatic carbocycles. The average Bonchev–Trinajstić information content (AvgIpc) is 3.22. The Kier molecular flexibility index (Phi) is 6.31. The highest BCUT2D eigenvalue weighted by Crippen LogP contribution is 2.23. The van der Waals surface area contributed by atoms with Crippen molar-refractivity contribution < 1.29 is 9.53 Å². The zero-order chi connectivity index (χ0) is 20.6. The van der Waals surface area contributed by atoms with E-state index in [1.54, 1.807) is 42.9 Å². The Morgan fingerprint density at radius 2 is 1.70 bits per heavy atom. The molecular formula is C23H20N4O2S. The van der Waals surface area contributed by atoms with Crippen LogP contribution in [0.4, 0.5) is 15.5 Å². The Balaban J connectivity index is 1.27. The molecule has 2 aromatic heterocycles. The number of nitrogens with zero attached hydrogens (tertiary/aromatic N) is 2. The van der Waals surface area contributed by atoms with Crippen molar-refractivity contribution in [3.8, 4) is 11.5 Å². The lowest BCUT2D eigenvalue weighted by Crippen LogP contribution is -2.18. The number of anilines is 2. The first kappa shape index (κ1) is 19.6. The van der Waals surface area contributed by atoms with Gasteiger partial charge in [-0.2, -0.15) is 0 Å². The molecule has 6 nitrogen and oxygen atoms in total. The fraction of sp³-hybridized carbons (Fsp3) is 0.0870. The predicted molar refractivity (Wildman–Crippen MR) is 119 cm³/mol. The summed E-state index contributed by atoms with van der Waals surface area (Å²) in [5.74, 6) is 1.32. The third kappa shape index (κ3) is 5.65. The minimum atomic E-state index is -0.311. The van der Waals surface area contributed by atoms with Gasteiger partial charge >= 0.3 is 6.03 Å².